The molecule has 0 amide bonds. The third-order valence-corrected chi connectivity index (χ3v) is 4.58. The summed E-state index contributed by atoms with van der Waals surface area (Å²) >= 11 is 5.06. The van der Waals surface area contributed by atoms with E-state index < -0.39 is 9.84 Å². The minimum atomic E-state index is -3.04. The van der Waals surface area contributed by atoms with Crippen LogP contribution in [0.5, 0.6) is 0 Å². The fourth-order valence-corrected chi connectivity index (χ4v) is 3.65. The van der Waals surface area contributed by atoms with Crippen molar-refractivity contribution in [2.24, 2.45) is 5.73 Å². The minimum Gasteiger partial charge on any atom is -0.389 e. The second-order valence-electron chi connectivity index (χ2n) is 5.35. The van der Waals surface area contributed by atoms with Gasteiger partial charge in [-0.05, 0) is 37.8 Å². The highest BCUT2D eigenvalue weighted by Crippen LogP contribution is 2.25. The number of nitrogens with zero attached hydrogens (tertiary/aromatic N) is 1. The van der Waals surface area contributed by atoms with Crippen LogP contribution in [0.15, 0.2) is 6.07 Å². The van der Waals surface area contributed by atoms with Crippen LogP contribution >= 0.6 is 12.2 Å². The molecule has 110 valence electrons. The van der Waals surface area contributed by atoms with Crippen molar-refractivity contribution in [3.05, 3.63) is 22.9 Å². The molecular formula is C13H19N3O2S2. The van der Waals surface area contributed by atoms with Gasteiger partial charge in [-0.2, -0.15) is 0 Å². The third kappa shape index (κ3) is 3.67. The van der Waals surface area contributed by atoms with Crippen molar-refractivity contribution in [3.8, 4) is 0 Å². The summed E-state index contributed by atoms with van der Waals surface area (Å²) in [4.78, 5) is 4.85. The molecule has 1 heterocycles. The number of hydrogen-bond acceptors (Lipinski definition) is 5. The molecule has 0 saturated heterocycles. The number of fused-ring (bicyclic) bond motifs is 1. The third-order valence-electron chi connectivity index (χ3n) is 3.25. The molecule has 0 saturated carbocycles. The largest absolute Gasteiger partial charge is 0.389 e. The average molecular weight is 313 g/mol. The van der Waals surface area contributed by atoms with Crippen molar-refractivity contribution < 1.29 is 8.42 Å². The Morgan fingerprint density at radius 1 is 1.55 bits per heavy atom. The predicted octanol–water partition coefficient (Wildman–Crippen LogP) is 1.05. The van der Waals surface area contributed by atoms with Gasteiger partial charge in [0.05, 0.1) is 11.3 Å². The maximum Gasteiger partial charge on any atom is 0.149 e. The molecule has 0 aliphatic heterocycles. The van der Waals surface area contributed by atoms with Crippen molar-refractivity contribution in [2.45, 2.75) is 32.2 Å². The maximum absolute atomic E-state index is 11.3. The highest BCUT2D eigenvalue weighted by Gasteiger charge is 2.19. The molecule has 1 unspecified atom stereocenters. The van der Waals surface area contributed by atoms with Crippen LogP contribution in [-0.4, -0.2) is 36.4 Å². The van der Waals surface area contributed by atoms with Crippen molar-refractivity contribution in [2.75, 3.05) is 17.3 Å². The normalized spacial score (nSPS) is 15.7. The number of sulfone groups is 1. The van der Waals surface area contributed by atoms with Crippen LogP contribution in [0, 0.1) is 0 Å². The summed E-state index contributed by atoms with van der Waals surface area (Å²) in [6.07, 6.45) is 4.25. The molecule has 7 heteroatoms. The van der Waals surface area contributed by atoms with E-state index in [1.807, 2.05) is 6.07 Å². The van der Waals surface area contributed by atoms with E-state index in [-0.39, 0.29) is 16.8 Å². The number of nitrogens with two attached hydrogens (primary N) is 1. The second kappa shape index (κ2) is 5.65. The molecule has 0 fully saturated rings. The lowest BCUT2D eigenvalue weighted by Crippen LogP contribution is -2.27. The predicted molar refractivity (Wildman–Crippen MR) is 84.9 cm³/mol. The topological polar surface area (TPSA) is 85.1 Å². The maximum atomic E-state index is 11.3. The summed E-state index contributed by atoms with van der Waals surface area (Å²) in [5.41, 5.74) is 8.68. The molecule has 20 heavy (non-hydrogen) atoms. The summed E-state index contributed by atoms with van der Waals surface area (Å²) in [6, 6.07) is 1.73. The SMILES string of the molecule is CC(CS(C)(=O)=O)Nc1nc2c(cc1C(N)=S)CCC2. The van der Waals surface area contributed by atoms with Crippen LogP contribution in [0.1, 0.15) is 30.2 Å². The molecule has 0 aromatic carbocycles. The van der Waals surface area contributed by atoms with Gasteiger partial charge in [0.25, 0.3) is 0 Å². The van der Waals surface area contributed by atoms with Crippen molar-refractivity contribution >= 4 is 32.9 Å². The van der Waals surface area contributed by atoms with Gasteiger partial charge in [-0.3, -0.25) is 0 Å². The first-order chi connectivity index (χ1) is 9.26. The first-order valence-corrected chi connectivity index (χ1v) is 9.00. The molecule has 0 radical (unpaired) electrons. The first-order valence-electron chi connectivity index (χ1n) is 6.53. The zero-order valence-electron chi connectivity index (χ0n) is 11.6. The van der Waals surface area contributed by atoms with Gasteiger partial charge in [0.1, 0.15) is 20.6 Å². The number of thiocarbonyl (C=S) groups is 1. The Kier molecular flexibility index (Phi) is 4.29. The van der Waals surface area contributed by atoms with Gasteiger partial charge in [0.15, 0.2) is 0 Å². The van der Waals surface area contributed by atoms with E-state index in [0.29, 0.717) is 11.4 Å². The lowest BCUT2D eigenvalue weighted by atomic mass is 10.1. The molecule has 5 nitrogen and oxygen atoms in total. The van der Waals surface area contributed by atoms with Crippen LogP contribution in [0.3, 0.4) is 0 Å². The van der Waals surface area contributed by atoms with Gasteiger partial charge in [-0.1, -0.05) is 12.2 Å². The van der Waals surface area contributed by atoms with Gasteiger partial charge in [-0.25, -0.2) is 13.4 Å². The standard InChI is InChI=1S/C13H19N3O2S2/c1-8(7-20(2,17)18)15-13-10(12(14)19)6-9-4-3-5-11(9)16-13/h6,8H,3-5,7H2,1-2H3,(H2,14,19)(H,15,16). The lowest BCUT2D eigenvalue weighted by molar-refractivity contribution is 0.598. The zero-order valence-corrected chi connectivity index (χ0v) is 13.3. The first kappa shape index (κ1) is 15.2. The molecule has 0 bridgehead atoms. The van der Waals surface area contributed by atoms with Crippen LogP contribution in [0.4, 0.5) is 5.82 Å². The van der Waals surface area contributed by atoms with E-state index in [0.717, 1.165) is 25.0 Å². The quantitative estimate of drug-likeness (QED) is 0.790. The Labute approximate surface area is 124 Å². The number of pyridine rings is 1. The molecule has 1 aliphatic rings. The minimum absolute atomic E-state index is 0.0442. The van der Waals surface area contributed by atoms with Gasteiger partial charge in [0.2, 0.25) is 0 Å². The monoisotopic (exact) mass is 313 g/mol. The lowest BCUT2D eigenvalue weighted by Gasteiger charge is -2.17. The summed E-state index contributed by atoms with van der Waals surface area (Å²) < 4.78 is 22.7. The van der Waals surface area contributed by atoms with E-state index >= 15 is 0 Å². The highest BCUT2D eigenvalue weighted by molar-refractivity contribution is 7.90. The van der Waals surface area contributed by atoms with Crippen molar-refractivity contribution in [1.82, 2.24) is 4.98 Å². The Bertz CT molecular complexity index is 641. The van der Waals surface area contributed by atoms with Gasteiger partial charge < -0.3 is 11.1 Å². The number of hydrogen-bond donors (Lipinski definition) is 2. The summed E-state index contributed by atoms with van der Waals surface area (Å²) in [5.74, 6) is 0.636. The van der Waals surface area contributed by atoms with Gasteiger partial charge in [-0.15, -0.1) is 0 Å². The summed E-state index contributed by atoms with van der Waals surface area (Å²) in [6.45, 7) is 1.80. The highest BCUT2D eigenvalue weighted by atomic mass is 32.2. The van der Waals surface area contributed by atoms with Gasteiger partial charge in [0, 0.05) is 18.0 Å². The molecule has 1 atom stereocenters. The van der Waals surface area contributed by atoms with E-state index in [1.165, 1.54) is 11.8 Å². The number of aryl methyl sites for hydroxylation is 2. The molecule has 1 aliphatic carbocycles. The molecular weight excluding hydrogens is 294 g/mol. The molecule has 1 aromatic heterocycles. The summed E-state index contributed by atoms with van der Waals surface area (Å²) in [5, 5.41) is 3.12. The Balaban J connectivity index is 2.28. The van der Waals surface area contributed by atoms with E-state index in [9.17, 15) is 8.42 Å². The Morgan fingerprint density at radius 2 is 2.25 bits per heavy atom. The zero-order chi connectivity index (χ0) is 14.9. The second-order valence-corrected chi connectivity index (χ2v) is 7.97. The van der Waals surface area contributed by atoms with E-state index in [1.54, 1.807) is 6.92 Å². The van der Waals surface area contributed by atoms with Crippen molar-refractivity contribution in [3.63, 3.8) is 0 Å². The smallest absolute Gasteiger partial charge is 0.149 e. The molecule has 2 rings (SSSR count). The van der Waals surface area contributed by atoms with Gasteiger partial charge >= 0.3 is 0 Å². The average Bonchev–Trinajstić information content (AvgIpc) is 2.71. The Hall–Kier alpha value is -1.21. The number of nitrogens with one attached hydrogen (secondary N) is 1. The van der Waals surface area contributed by atoms with Crippen LogP contribution in [0.25, 0.3) is 0 Å². The molecule has 1 aromatic rings. The van der Waals surface area contributed by atoms with E-state index in [2.05, 4.69) is 10.3 Å². The Morgan fingerprint density at radius 3 is 2.85 bits per heavy atom. The van der Waals surface area contributed by atoms with E-state index in [4.69, 9.17) is 18.0 Å². The van der Waals surface area contributed by atoms with Crippen LogP contribution < -0.4 is 11.1 Å². The summed E-state index contributed by atoms with van der Waals surface area (Å²) in [7, 11) is -3.04. The number of anilines is 1. The fraction of sp³-hybridized carbons (Fsp3) is 0.538. The van der Waals surface area contributed by atoms with Crippen LogP contribution in [-0.2, 0) is 22.7 Å². The molecule has 0 spiro atoms. The number of aromatic nitrogens is 1. The number of rotatable bonds is 5. The molecule has 3 N–H and O–H groups in total. The fourth-order valence-electron chi connectivity index (χ4n) is 2.50. The van der Waals surface area contributed by atoms with Crippen molar-refractivity contribution in [1.29, 1.82) is 0 Å². The van der Waals surface area contributed by atoms with Crippen LogP contribution in [0.2, 0.25) is 0 Å².